The van der Waals surface area contributed by atoms with Crippen molar-refractivity contribution in [3.63, 3.8) is 0 Å². The molecule has 0 unspecified atom stereocenters. The second-order valence-corrected chi connectivity index (χ2v) is 7.76. The first-order chi connectivity index (χ1) is 9.66. The molecule has 0 amide bonds. The van der Waals surface area contributed by atoms with Gasteiger partial charge in [-0.2, -0.15) is 0 Å². The number of benzene rings is 1. The summed E-state index contributed by atoms with van der Waals surface area (Å²) in [6, 6.07) is 3.62. The van der Waals surface area contributed by atoms with Crippen LogP contribution in [-0.2, 0) is 22.9 Å². The summed E-state index contributed by atoms with van der Waals surface area (Å²) in [5, 5.41) is 0. The fourth-order valence-corrected chi connectivity index (χ4v) is 4.48. The van der Waals surface area contributed by atoms with Crippen molar-refractivity contribution in [2.75, 3.05) is 5.73 Å². The minimum absolute atomic E-state index is 0.325. The number of nitrogens with two attached hydrogens (primary N) is 1. The Morgan fingerprint density at radius 2 is 1.76 bits per heavy atom. The van der Waals surface area contributed by atoms with Crippen LogP contribution < -0.4 is 10.5 Å². The second-order valence-electron chi connectivity index (χ2n) is 6.11. The predicted octanol–water partition coefficient (Wildman–Crippen LogP) is 3.25. The molecule has 4 nitrogen and oxygen atoms in total. The molecule has 0 spiro atoms. The van der Waals surface area contributed by atoms with E-state index in [1.807, 2.05) is 40.7 Å². The van der Waals surface area contributed by atoms with Crippen molar-refractivity contribution < 1.29 is 8.42 Å². The van der Waals surface area contributed by atoms with Crippen LogP contribution in [0.15, 0.2) is 17.0 Å². The fraction of sp³-hybridized carbons (Fsp3) is 0.625. The summed E-state index contributed by atoms with van der Waals surface area (Å²) in [5.74, 6) is 0. The van der Waals surface area contributed by atoms with E-state index in [0.717, 1.165) is 24.8 Å². The lowest BCUT2D eigenvalue weighted by Gasteiger charge is -2.26. The van der Waals surface area contributed by atoms with E-state index in [2.05, 4.69) is 4.72 Å². The van der Waals surface area contributed by atoms with Gasteiger partial charge in [-0.25, -0.2) is 13.1 Å². The van der Waals surface area contributed by atoms with Crippen LogP contribution in [0.25, 0.3) is 0 Å². The van der Waals surface area contributed by atoms with Gasteiger partial charge in [-0.3, -0.25) is 0 Å². The number of hydrogen-bond donors (Lipinski definition) is 2. The highest BCUT2D eigenvalue weighted by Gasteiger charge is 2.27. The van der Waals surface area contributed by atoms with Gasteiger partial charge in [-0.05, 0) is 56.4 Å². The molecule has 0 aliphatic heterocycles. The number of nitrogens with one attached hydrogen (secondary N) is 1. The minimum Gasteiger partial charge on any atom is -0.398 e. The van der Waals surface area contributed by atoms with Gasteiger partial charge in [0.1, 0.15) is 0 Å². The molecule has 1 rings (SSSR count). The Kier molecular flexibility index (Phi) is 5.82. The standard InChI is InChI=1S/C16H28N2O2S/c1-6-9-16(4,5)18-21(19,20)15-11-12(7-2)10-14(17)13(15)8-3/h10-11,18H,6-9,17H2,1-5H3. The van der Waals surface area contributed by atoms with Gasteiger partial charge >= 0.3 is 0 Å². The fourth-order valence-electron chi connectivity index (χ4n) is 2.64. The molecule has 120 valence electrons. The van der Waals surface area contributed by atoms with Gasteiger partial charge in [0.2, 0.25) is 10.0 Å². The number of nitrogen functional groups attached to an aromatic ring is 1. The van der Waals surface area contributed by atoms with Crippen LogP contribution in [0.3, 0.4) is 0 Å². The van der Waals surface area contributed by atoms with Crippen LogP contribution in [0.2, 0.25) is 0 Å². The molecule has 0 atom stereocenters. The number of aryl methyl sites for hydroxylation is 1. The van der Waals surface area contributed by atoms with E-state index in [1.165, 1.54) is 0 Å². The normalized spacial score (nSPS) is 12.6. The van der Waals surface area contributed by atoms with Crippen molar-refractivity contribution >= 4 is 15.7 Å². The zero-order valence-electron chi connectivity index (χ0n) is 13.8. The van der Waals surface area contributed by atoms with Crippen LogP contribution in [0.5, 0.6) is 0 Å². The van der Waals surface area contributed by atoms with Gasteiger partial charge in [0.15, 0.2) is 0 Å². The molecular weight excluding hydrogens is 284 g/mol. The van der Waals surface area contributed by atoms with Crippen LogP contribution in [-0.4, -0.2) is 14.0 Å². The third kappa shape index (κ3) is 4.45. The van der Waals surface area contributed by atoms with Crippen LogP contribution in [0.4, 0.5) is 5.69 Å². The van der Waals surface area contributed by atoms with Crippen molar-refractivity contribution in [2.24, 2.45) is 0 Å². The molecule has 0 saturated heterocycles. The van der Waals surface area contributed by atoms with Gasteiger partial charge in [-0.1, -0.05) is 27.2 Å². The Bertz CT molecular complexity index is 593. The summed E-state index contributed by atoms with van der Waals surface area (Å²) < 4.78 is 28.3. The van der Waals surface area contributed by atoms with Gasteiger partial charge in [0.05, 0.1) is 4.90 Å². The molecular formula is C16H28N2O2S. The van der Waals surface area contributed by atoms with Crippen molar-refractivity contribution in [3.8, 4) is 0 Å². The predicted molar refractivity (Wildman–Crippen MR) is 88.9 cm³/mol. The first-order valence-corrected chi connectivity index (χ1v) is 9.10. The maximum absolute atomic E-state index is 12.8. The molecule has 0 aliphatic rings. The summed E-state index contributed by atoms with van der Waals surface area (Å²) in [5.41, 5.74) is 7.78. The SMILES string of the molecule is CCCC(C)(C)NS(=O)(=O)c1cc(CC)cc(N)c1CC. The zero-order chi connectivity index (χ0) is 16.3. The third-order valence-corrected chi connectivity index (χ3v) is 5.40. The summed E-state index contributed by atoms with van der Waals surface area (Å²) in [7, 11) is -3.57. The Labute approximate surface area is 129 Å². The molecule has 0 fully saturated rings. The summed E-state index contributed by atoms with van der Waals surface area (Å²) >= 11 is 0. The molecule has 1 aromatic carbocycles. The highest BCUT2D eigenvalue weighted by Crippen LogP contribution is 2.27. The monoisotopic (exact) mass is 312 g/mol. The minimum atomic E-state index is -3.57. The van der Waals surface area contributed by atoms with Crippen molar-refractivity contribution in [1.29, 1.82) is 0 Å². The summed E-state index contributed by atoms with van der Waals surface area (Å²) in [4.78, 5) is 0.325. The van der Waals surface area contributed by atoms with Crippen molar-refractivity contribution in [1.82, 2.24) is 4.72 Å². The summed E-state index contributed by atoms with van der Waals surface area (Å²) in [6.45, 7) is 9.78. The molecule has 3 N–H and O–H groups in total. The van der Waals surface area contributed by atoms with Crippen molar-refractivity contribution in [2.45, 2.75) is 70.7 Å². The lowest BCUT2D eigenvalue weighted by atomic mass is 10.0. The van der Waals surface area contributed by atoms with E-state index in [0.29, 0.717) is 22.6 Å². The van der Waals surface area contributed by atoms with Crippen LogP contribution in [0.1, 0.15) is 58.6 Å². The Balaban J connectivity index is 3.33. The highest BCUT2D eigenvalue weighted by molar-refractivity contribution is 7.89. The lowest BCUT2D eigenvalue weighted by molar-refractivity contribution is 0.417. The van der Waals surface area contributed by atoms with E-state index >= 15 is 0 Å². The number of anilines is 1. The van der Waals surface area contributed by atoms with E-state index in [1.54, 1.807) is 6.07 Å². The Morgan fingerprint density at radius 1 is 1.14 bits per heavy atom. The number of hydrogen-bond acceptors (Lipinski definition) is 3. The number of rotatable bonds is 7. The van der Waals surface area contributed by atoms with Crippen LogP contribution in [0, 0.1) is 0 Å². The van der Waals surface area contributed by atoms with Crippen molar-refractivity contribution in [3.05, 3.63) is 23.3 Å². The molecule has 5 heteroatoms. The van der Waals surface area contributed by atoms with Gasteiger partial charge in [0, 0.05) is 11.2 Å². The highest BCUT2D eigenvalue weighted by atomic mass is 32.2. The lowest BCUT2D eigenvalue weighted by Crippen LogP contribution is -2.43. The maximum Gasteiger partial charge on any atom is 0.241 e. The van der Waals surface area contributed by atoms with E-state index in [4.69, 9.17) is 5.73 Å². The smallest absolute Gasteiger partial charge is 0.241 e. The number of sulfonamides is 1. The topological polar surface area (TPSA) is 72.2 Å². The third-order valence-electron chi connectivity index (χ3n) is 3.64. The van der Waals surface area contributed by atoms with E-state index in [9.17, 15) is 8.42 Å². The quantitative estimate of drug-likeness (QED) is 0.759. The van der Waals surface area contributed by atoms with E-state index < -0.39 is 15.6 Å². The largest absolute Gasteiger partial charge is 0.398 e. The molecule has 21 heavy (non-hydrogen) atoms. The average Bonchev–Trinajstić information content (AvgIpc) is 2.36. The molecule has 1 aromatic rings. The Hall–Kier alpha value is -1.07. The van der Waals surface area contributed by atoms with E-state index in [-0.39, 0.29) is 0 Å². The van der Waals surface area contributed by atoms with Gasteiger partial charge in [0.25, 0.3) is 0 Å². The average molecular weight is 312 g/mol. The zero-order valence-corrected chi connectivity index (χ0v) is 14.6. The van der Waals surface area contributed by atoms with Gasteiger partial charge < -0.3 is 5.73 Å². The molecule has 0 bridgehead atoms. The second kappa shape index (κ2) is 6.79. The maximum atomic E-state index is 12.8. The molecule has 0 radical (unpaired) electrons. The van der Waals surface area contributed by atoms with Gasteiger partial charge in [-0.15, -0.1) is 0 Å². The van der Waals surface area contributed by atoms with Crippen LogP contribution >= 0.6 is 0 Å². The molecule has 0 saturated carbocycles. The molecule has 0 heterocycles. The molecule has 0 aromatic heterocycles. The first-order valence-electron chi connectivity index (χ1n) is 7.62. The first kappa shape index (κ1) is 18.0. The Morgan fingerprint density at radius 3 is 2.24 bits per heavy atom. The molecule has 0 aliphatic carbocycles. The summed E-state index contributed by atoms with van der Waals surface area (Å²) in [6.07, 6.45) is 3.07.